The largest absolute Gasteiger partial charge is 0.494 e. The SMILES string of the molecule is CCc1c(C(=O)OC)c2cc(NS(=O)(=O)CC)c(OC)cc2n1S(=O)(=O)CC. The molecule has 0 fully saturated rings. The van der Waals surface area contributed by atoms with Gasteiger partial charge in [0.05, 0.1) is 42.5 Å². The van der Waals surface area contributed by atoms with Gasteiger partial charge >= 0.3 is 5.97 Å². The first kappa shape index (κ1) is 22.0. The molecule has 0 aliphatic rings. The van der Waals surface area contributed by atoms with Crippen molar-refractivity contribution in [1.82, 2.24) is 3.97 Å². The predicted octanol–water partition coefficient (Wildman–Crippen LogP) is 1.96. The van der Waals surface area contributed by atoms with Gasteiger partial charge in [-0.05, 0) is 26.3 Å². The number of carbonyl (C=O) groups excluding carboxylic acids is 1. The lowest BCUT2D eigenvalue weighted by Gasteiger charge is -2.13. The van der Waals surface area contributed by atoms with E-state index < -0.39 is 26.0 Å². The molecule has 1 N–H and O–H groups in total. The molecule has 0 saturated carbocycles. The van der Waals surface area contributed by atoms with Crippen molar-refractivity contribution in [3.05, 3.63) is 23.4 Å². The molecule has 0 saturated heterocycles. The summed E-state index contributed by atoms with van der Waals surface area (Å²) in [6, 6.07) is 2.80. The van der Waals surface area contributed by atoms with Gasteiger partial charge in [0.15, 0.2) is 0 Å². The van der Waals surface area contributed by atoms with E-state index in [9.17, 15) is 21.6 Å². The topological polar surface area (TPSA) is 121 Å². The Morgan fingerprint density at radius 2 is 1.71 bits per heavy atom. The number of aromatic nitrogens is 1. The first-order valence-corrected chi connectivity index (χ1v) is 11.9. The molecule has 0 amide bonds. The van der Waals surface area contributed by atoms with Crippen LogP contribution >= 0.6 is 0 Å². The van der Waals surface area contributed by atoms with Crippen LogP contribution in [0.3, 0.4) is 0 Å². The van der Waals surface area contributed by atoms with E-state index in [2.05, 4.69) is 4.72 Å². The minimum Gasteiger partial charge on any atom is -0.494 e. The zero-order valence-electron chi connectivity index (χ0n) is 16.4. The van der Waals surface area contributed by atoms with Crippen LogP contribution in [0.1, 0.15) is 36.8 Å². The van der Waals surface area contributed by atoms with E-state index in [0.717, 1.165) is 3.97 Å². The highest BCUT2D eigenvalue weighted by Crippen LogP contribution is 2.37. The summed E-state index contributed by atoms with van der Waals surface area (Å²) >= 11 is 0. The molecule has 156 valence electrons. The van der Waals surface area contributed by atoms with E-state index in [0.29, 0.717) is 0 Å². The molecule has 0 aliphatic heterocycles. The number of sulfonamides is 1. The molecule has 1 aromatic carbocycles. The molecule has 28 heavy (non-hydrogen) atoms. The Kier molecular flexibility index (Phi) is 6.29. The van der Waals surface area contributed by atoms with Crippen LogP contribution in [0.4, 0.5) is 5.69 Å². The fourth-order valence-electron chi connectivity index (χ4n) is 2.93. The third-order valence-corrected chi connectivity index (χ3v) is 7.35. The summed E-state index contributed by atoms with van der Waals surface area (Å²) in [5, 5.41) is 0.260. The van der Waals surface area contributed by atoms with E-state index in [4.69, 9.17) is 9.47 Å². The van der Waals surface area contributed by atoms with Crippen molar-refractivity contribution < 1.29 is 31.1 Å². The number of hydrogen-bond donors (Lipinski definition) is 1. The van der Waals surface area contributed by atoms with E-state index in [1.807, 2.05) is 0 Å². The van der Waals surface area contributed by atoms with Crippen LogP contribution in [0.2, 0.25) is 0 Å². The first-order valence-electron chi connectivity index (χ1n) is 8.64. The lowest BCUT2D eigenvalue weighted by Crippen LogP contribution is -2.18. The summed E-state index contributed by atoms with van der Waals surface area (Å²) in [7, 11) is -4.84. The van der Waals surface area contributed by atoms with Gasteiger partial charge in [0.1, 0.15) is 5.75 Å². The molecule has 0 radical (unpaired) electrons. The predicted molar refractivity (Wildman–Crippen MR) is 107 cm³/mol. The Labute approximate surface area is 164 Å². The third-order valence-electron chi connectivity index (χ3n) is 4.35. The number of fused-ring (bicyclic) bond motifs is 1. The van der Waals surface area contributed by atoms with E-state index in [1.54, 1.807) is 6.92 Å². The molecular formula is C17H24N2O7S2. The fraction of sp³-hybridized carbons (Fsp3) is 0.471. The van der Waals surface area contributed by atoms with E-state index in [-0.39, 0.29) is 51.5 Å². The van der Waals surface area contributed by atoms with Gasteiger partial charge in [-0.2, -0.15) is 0 Å². The average Bonchev–Trinajstić information content (AvgIpc) is 3.00. The molecule has 0 spiro atoms. The maximum absolute atomic E-state index is 12.7. The maximum atomic E-state index is 12.7. The zero-order valence-corrected chi connectivity index (χ0v) is 18.0. The smallest absolute Gasteiger partial charge is 0.340 e. The highest BCUT2D eigenvalue weighted by atomic mass is 32.2. The van der Waals surface area contributed by atoms with Crippen molar-refractivity contribution in [2.24, 2.45) is 0 Å². The normalized spacial score (nSPS) is 12.2. The van der Waals surface area contributed by atoms with Crippen LogP contribution in [-0.2, 0) is 31.2 Å². The van der Waals surface area contributed by atoms with Gasteiger partial charge in [0.25, 0.3) is 0 Å². The molecule has 0 bridgehead atoms. The summed E-state index contributed by atoms with van der Waals surface area (Å²) in [4.78, 5) is 12.4. The molecule has 2 rings (SSSR count). The van der Waals surface area contributed by atoms with Crippen LogP contribution in [0.5, 0.6) is 5.75 Å². The Hall–Kier alpha value is -2.27. The minimum absolute atomic E-state index is 0.0802. The minimum atomic E-state index is -3.75. The number of methoxy groups -OCH3 is 2. The number of ether oxygens (including phenoxy) is 2. The number of anilines is 1. The second-order valence-electron chi connectivity index (χ2n) is 5.91. The number of nitrogens with one attached hydrogen (secondary N) is 1. The number of esters is 1. The van der Waals surface area contributed by atoms with Crippen molar-refractivity contribution in [1.29, 1.82) is 0 Å². The number of hydrogen-bond acceptors (Lipinski definition) is 7. The van der Waals surface area contributed by atoms with Crippen LogP contribution in [0, 0.1) is 0 Å². The number of carbonyl (C=O) groups is 1. The van der Waals surface area contributed by atoms with Crippen molar-refractivity contribution >= 4 is 42.6 Å². The van der Waals surface area contributed by atoms with Crippen LogP contribution in [-0.4, -0.2) is 52.5 Å². The summed E-state index contributed by atoms with van der Waals surface area (Å²) in [5.41, 5.74) is 0.670. The zero-order chi connectivity index (χ0) is 21.3. The summed E-state index contributed by atoms with van der Waals surface area (Å²) < 4.78 is 63.1. The molecule has 9 nitrogen and oxygen atoms in total. The first-order chi connectivity index (χ1) is 13.1. The molecule has 1 aromatic heterocycles. The van der Waals surface area contributed by atoms with Crippen molar-refractivity contribution in [2.75, 3.05) is 30.4 Å². The van der Waals surface area contributed by atoms with Gasteiger partial charge in [0, 0.05) is 17.1 Å². The summed E-state index contributed by atoms with van der Waals surface area (Å²) in [6.07, 6.45) is 0.247. The lowest BCUT2D eigenvalue weighted by molar-refractivity contribution is 0.0601. The lowest BCUT2D eigenvalue weighted by atomic mass is 10.1. The Balaban J connectivity index is 3.02. The van der Waals surface area contributed by atoms with Gasteiger partial charge in [-0.3, -0.25) is 4.72 Å². The molecule has 0 aliphatic carbocycles. The molecule has 11 heteroatoms. The number of nitrogens with zero attached hydrogens (tertiary/aromatic N) is 1. The van der Waals surface area contributed by atoms with Crippen LogP contribution < -0.4 is 9.46 Å². The van der Waals surface area contributed by atoms with Gasteiger partial charge in [-0.25, -0.2) is 25.6 Å². The van der Waals surface area contributed by atoms with E-state index in [1.165, 1.54) is 40.2 Å². The van der Waals surface area contributed by atoms with Gasteiger partial charge < -0.3 is 9.47 Å². The van der Waals surface area contributed by atoms with Gasteiger partial charge in [-0.15, -0.1) is 0 Å². The highest BCUT2D eigenvalue weighted by Gasteiger charge is 2.29. The average molecular weight is 433 g/mol. The fourth-order valence-corrected chi connectivity index (χ4v) is 4.83. The molecule has 1 heterocycles. The maximum Gasteiger partial charge on any atom is 0.340 e. The monoisotopic (exact) mass is 432 g/mol. The Morgan fingerprint density at radius 1 is 1.07 bits per heavy atom. The standard InChI is InChI=1S/C17H24N2O7S2/c1-6-13-16(17(20)26-5)11-9-12(18-27(21,22)7-2)15(25-4)10-14(11)19(13)28(23,24)8-3/h9-10,18H,6-8H2,1-5H3. The van der Waals surface area contributed by atoms with Crippen molar-refractivity contribution in [2.45, 2.75) is 27.2 Å². The molecule has 2 aromatic rings. The second kappa shape index (κ2) is 8.00. The van der Waals surface area contributed by atoms with Gasteiger partial charge in [-0.1, -0.05) is 6.92 Å². The Bertz CT molecular complexity index is 1120. The highest BCUT2D eigenvalue weighted by molar-refractivity contribution is 7.92. The van der Waals surface area contributed by atoms with Gasteiger partial charge in [0.2, 0.25) is 20.0 Å². The van der Waals surface area contributed by atoms with E-state index >= 15 is 0 Å². The number of benzene rings is 1. The van der Waals surface area contributed by atoms with Crippen molar-refractivity contribution in [3.63, 3.8) is 0 Å². The summed E-state index contributed by atoms with van der Waals surface area (Å²) in [6.45, 7) is 4.70. The van der Waals surface area contributed by atoms with Crippen LogP contribution in [0.15, 0.2) is 12.1 Å². The molecule has 0 atom stereocenters. The Morgan fingerprint density at radius 3 is 2.18 bits per heavy atom. The quantitative estimate of drug-likeness (QED) is 0.633. The molecular weight excluding hydrogens is 408 g/mol. The second-order valence-corrected chi connectivity index (χ2v) is 10.0. The van der Waals surface area contributed by atoms with Crippen molar-refractivity contribution in [3.8, 4) is 5.75 Å². The third kappa shape index (κ3) is 3.81. The molecule has 0 unspecified atom stereocenters. The summed E-state index contributed by atoms with van der Waals surface area (Å²) in [5.74, 6) is -0.921. The number of rotatable bonds is 8. The van der Waals surface area contributed by atoms with Crippen LogP contribution in [0.25, 0.3) is 10.9 Å².